The van der Waals surface area contributed by atoms with Crippen molar-refractivity contribution in [2.24, 2.45) is 0 Å². The van der Waals surface area contributed by atoms with E-state index >= 15 is 0 Å². The summed E-state index contributed by atoms with van der Waals surface area (Å²) >= 11 is 0. The first-order valence-corrected chi connectivity index (χ1v) is 8.60. The standard InChI is InChI=1S/C20H24N4O/c1-15(14-24-11-5-10-22-24)21-13-20(25)23-16(2)18-9-8-17-6-3-4-7-19(17)12-18/h3-12,15-16,21H,13-14H2,1-2H3,(H,23,25)/t15-,16+/m0/s1. The highest BCUT2D eigenvalue weighted by Crippen LogP contribution is 2.20. The van der Waals surface area contributed by atoms with Crippen molar-refractivity contribution in [1.29, 1.82) is 0 Å². The largest absolute Gasteiger partial charge is 0.348 e. The number of nitrogens with zero attached hydrogens (tertiary/aromatic N) is 2. The van der Waals surface area contributed by atoms with Gasteiger partial charge in [0.25, 0.3) is 0 Å². The minimum Gasteiger partial charge on any atom is -0.348 e. The molecule has 2 aromatic carbocycles. The van der Waals surface area contributed by atoms with Crippen LogP contribution < -0.4 is 10.6 Å². The monoisotopic (exact) mass is 336 g/mol. The molecule has 1 amide bonds. The summed E-state index contributed by atoms with van der Waals surface area (Å²) in [6.07, 6.45) is 3.67. The van der Waals surface area contributed by atoms with Crippen molar-refractivity contribution in [2.45, 2.75) is 32.5 Å². The van der Waals surface area contributed by atoms with Crippen LogP contribution in [0.4, 0.5) is 0 Å². The van der Waals surface area contributed by atoms with Gasteiger partial charge in [0, 0.05) is 18.4 Å². The summed E-state index contributed by atoms with van der Waals surface area (Å²) in [5.41, 5.74) is 1.11. The van der Waals surface area contributed by atoms with Crippen LogP contribution >= 0.6 is 0 Å². The Labute approximate surface area is 148 Å². The lowest BCUT2D eigenvalue weighted by molar-refractivity contribution is -0.121. The lowest BCUT2D eigenvalue weighted by Gasteiger charge is -2.17. The number of carbonyl (C=O) groups is 1. The fourth-order valence-corrected chi connectivity index (χ4v) is 2.87. The second kappa shape index (κ2) is 7.94. The van der Waals surface area contributed by atoms with Gasteiger partial charge in [-0.3, -0.25) is 9.48 Å². The Morgan fingerprint density at radius 1 is 1.12 bits per heavy atom. The van der Waals surface area contributed by atoms with E-state index < -0.39 is 0 Å². The highest BCUT2D eigenvalue weighted by atomic mass is 16.1. The van der Waals surface area contributed by atoms with Crippen LogP contribution in [-0.4, -0.2) is 28.3 Å². The minimum absolute atomic E-state index is 0.00651. The lowest BCUT2D eigenvalue weighted by atomic mass is 10.0. The van der Waals surface area contributed by atoms with Gasteiger partial charge >= 0.3 is 0 Å². The van der Waals surface area contributed by atoms with Crippen LogP contribution in [0, 0.1) is 0 Å². The summed E-state index contributed by atoms with van der Waals surface area (Å²) in [5, 5.41) is 12.9. The molecular weight excluding hydrogens is 312 g/mol. The fraction of sp³-hybridized carbons (Fsp3) is 0.300. The first kappa shape index (κ1) is 17.2. The maximum absolute atomic E-state index is 12.2. The molecule has 1 heterocycles. The molecule has 0 radical (unpaired) electrons. The maximum Gasteiger partial charge on any atom is 0.234 e. The Hall–Kier alpha value is -2.66. The third-order valence-electron chi connectivity index (χ3n) is 4.28. The Morgan fingerprint density at radius 2 is 1.92 bits per heavy atom. The van der Waals surface area contributed by atoms with Crippen molar-refractivity contribution in [3.05, 3.63) is 66.5 Å². The van der Waals surface area contributed by atoms with Gasteiger partial charge in [-0.2, -0.15) is 5.10 Å². The van der Waals surface area contributed by atoms with Crippen molar-refractivity contribution in [3.8, 4) is 0 Å². The molecular formula is C20H24N4O. The van der Waals surface area contributed by atoms with Crippen LogP contribution in [0.2, 0.25) is 0 Å². The normalized spacial score (nSPS) is 13.5. The number of fused-ring (bicyclic) bond motifs is 1. The van der Waals surface area contributed by atoms with Crippen molar-refractivity contribution in [1.82, 2.24) is 20.4 Å². The molecule has 25 heavy (non-hydrogen) atoms. The van der Waals surface area contributed by atoms with Crippen molar-refractivity contribution in [3.63, 3.8) is 0 Å². The Balaban J connectivity index is 1.51. The van der Waals surface area contributed by atoms with E-state index in [0.29, 0.717) is 6.54 Å². The van der Waals surface area contributed by atoms with Gasteiger partial charge in [0.2, 0.25) is 5.91 Å². The summed E-state index contributed by atoms with van der Waals surface area (Å²) in [7, 11) is 0. The molecule has 0 unspecified atom stereocenters. The van der Waals surface area contributed by atoms with Crippen LogP contribution in [0.25, 0.3) is 10.8 Å². The molecule has 0 saturated heterocycles. The first-order valence-electron chi connectivity index (χ1n) is 8.60. The molecule has 0 fully saturated rings. The molecule has 0 aliphatic heterocycles. The number of hydrogen-bond donors (Lipinski definition) is 2. The lowest BCUT2D eigenvalue weighted by Crippen LogP contribution is -2.40. The second-order valence-corrected chi connectivity index (χ2v) is 6.41. The average molecular weight is 336 g/mol. The SMILES string of the molecule is C[C@@H](Cn1cccn1)NCC(=O)N[C@H](C)c1ccc2ccccc2c1. The number of carbonyl (C=O) groups excluding carboxylic acids is 1. The molecule has 1 aromatic heterocycles. The highest BCUT2D eigenvalue weighted by Gasteiger charge is 2.11. The van der Waals surface area contributed by atoms with E-state index in [1.165, 1.54) is 10.8 Å². The maximum atomic E-state index is 12.2. The van der Waals surface area contributed by atoms with Gasteiger partial charge in [0.15, 0.2) is 0 Å². The van der Waals surface area contributed by atoms with Crippen LogP contribution in [0.3, 0.4) is 0 Å². The smallest absolute Gasteiger partial charge is 0.234 e. The predicted molar refractivity (Wildman–Crippen MR) is 100 cm³/mol. The zero-order valence-corrected chi connectivity index (χ0v) is 14.6. The summed E-state index contributed by atoms with van der Waals surface area (Å²) in [6.45, 7) is 5.08. The quantitative estimate of drug-likeness (QED) is 0.697. The molecule has 0 spiro atoms. The molecule has 3 aromatic rings. The zero-order valence-electron chi connectivity index (χ0n) is 14.6. The van der Waals surface area contributed by atoms with Gasteiger partial charge in [-0.15, -0.1) is 0 Å². The van der Waals surface area contributed by atoms with Crippen LogP contribution in [0.1, 0.15) is 25.5 Å². The number of hydrogen-bond acceptors (Lipinski definition) is 3. The topological polar surface area (TPSA) is 59.0 Å². The van der Waals surface area contributed by atoms with Gasteiger partial charge in [-0.1, -0.05) is 36.4 Å². The highest BCUT2D eigenvalue weighted by molar-refractivity contribution is 5.83. The first-order chi connectivity index (χ1) is 12.1. The number of benzene rings is 2. The molecule has 130 valence electrons. The number of aromatic nitrogens is 2. The van der Waals surface area contributed by atoms with Crippen molar-refractivity contribution < 1.29 is 4.79 Å². The minimum atomic E-state index is -0.0275. The predicted octanol–water partition coefficient (Wildman–Crippen LogP) is 2.89. The molecule has 0 saturated carbocycles. The van der Waals surface area contributed by atoms with Crippen LogP contribution in [-0.2, 0) is 11.3 Å². The van der Waals surface area contributed by atoms with Crippen molar-refractivity contribution >= 4 is 16.7 Å². The molecule has 5 heteroatoms. The average Bonchev–Trinajstić information content (AvgIpc) is 3.12. The molecule has 2 atom stereocenters. The van der Waals surface area contributed by atoms with E-state index in [2.05, 4.69) is 46.1 Å². The summed E-state index contributed by atoms with van der Waals surface area (Å²) < 4.78 is 1.85. The molecule has 0 aliphatic rings. The molecule has 3 rings (SSSR count). The van der Waals surface area contributed by atoms with E-state index in [0.717, 1.165) is 12.1 Å². The van der Waals surface area contributed by atoms with Crippen LogP contribution in [0.5, 0.6) is 0 Å². The Kier molecular flexibility index (Phi) is 5.46. The van der Waals surface area contributed by atoms with E-state index in [1.54, 1.807) is 6.20 Å². The summed E-state index contributed by atoms with van der Waals surface area (Å²) in [4.78, 5) is 12.2. The van der Waals surface area contributed by atoms with E-state index in [9.17, 15) is 4.79 Å². The van der Waals surface area contributed by atoms with Gasteiger partial charge < -0.3 is 10.6 Å². The van der Waals surface area contributed by atoms with Gasteiger partial charge in [-0.05, 0) is 42.3 Å². The molecule has 0 bridgehead atoms. The third-order valence-corrected chi connectivity index (χ3v) is 4.28. The van der Waals surface area contributed by atoms with Gasteiger partial charge in [0.05, 0.1) is 19.1 Å². The van der Waals surface area contributed by atoms with Gasteiger partial charge in [-0.25, -0.2) is 0 Å². The zero-order chi connectivity index (χ0) is 17.6. The third kappa shape index (κ3) is 4.67. The Bertz CT molecular complexity index is 829. The number of nitrogens with one attached hydrogen (secondary N) is 2. The summed E-state index contributed by atoms with van der Waals surface area (Å²) in [5.74, 6) is -0.00651. The second-order valence-electron chi connectivity index (χ2n) is 6.41. The molecule has 5 nitrogen and oxygen atoms in total. The number of amides is 1. The van der Waals surface area contributed by atoms with E-state index in [1.807, 2.05) is 42.9 Å². The summed E-state index contributed by atoms with van der Waals surface area (Å²) in [6, 6.07) is 16.6. The molecule has 0 aliphatic carbocycles. The van der Waals surface area contributed by atoms with Crippen LogP contribution in [0.15, 0.2) is 60.9 Å². The Morgan fingerprint density at radius 3 is 2.68 bits per heavy atom. The number of rotatable bonds is 7. The van der Waals surface area contributed by atoms with E-state index in [-0.39, 0.29) is 18.0 Å². The van der Waals surface area contributed by atoms with E-state index in [4.69, 9.17) is 0 Å². The van der Waals surface area contributed by atoms with Gasteiger partial charge in [0.1, 0.15) is 0 Å². The fourth-order valence-electron chi connectivity index (χ4n) is 2.87. The molecule has 2 N–H and O–H groups in total. The van der Waals surface area contributed by atoms with Crippen molar-refractivity contribution in [2.75, 3.05) is 6.54 Å².